The largest absolute Gasteiger partial charge is 0.545 e. The summed E-state index contributed by atoms with van der Waals surface area (Å²) in [6.45, 7) is 4.49. The van der Waals surface area contributed by atoms with Crippen LogP contribution in [0.4, 0.5) is 0 Å². The molecule has 0 bridgehead atoms. The lowest BCUT2D eigenvalue weighted by molar-refractivity contribution is -0.870. The van der Waals surface area contributed by atoms with Gasteiger partial charge in [0.2, 0.25) is 0 Å². The summed E-state index contributed by atoms with van der Waals surface area (Å²) in [4.78, 5) is 37.5. The first-order valence-corrected chi connectivity index (χ1v) is 33.6. The minimum Gasteiger partial charge on any atom is -0.545 e. The van der Waals surface area contributed by atoms with Crippen molar-refractivity contribution in [1.82, 2.24) is 0 Å². The van der Waals surface area contributed by atoms with Gasteiger partial charge in [0.1, 0.15) is 13.2 Å². The number of allylic oxidation sites excluding steroid dienone is 26. The van der Waals surface area contributed by atoms with Crippen LogP contribution >= 0.6 is 0 Å². The molecule has 0 spiro atoms. The maximum Gasteiger partial charge on any atom is 0.306 e. The van der Waals surface area contributed by atoms with Crippen molar-refractivity contribution in [3.63, 3.8) is 0 Å². The second-order valence-corrected chi connectivity index (χ2v) is 23.0. The number of unbranched alkanes of at least 4 members (excludes halogenated alkanes) is 19. The van der Waals surface area contributed by atoms with Crippen LogP contribution < -0.4 is 5.11 Å². The first-order valence-electron chi connectivity index (χ1n) is 33.6. The lowest BCUT2D eigenvalue weighted by Gasteiger charge is -2.26. The van der Waals surface area contributed by atoms with Crippen molar-refractivity contribution in [2.75, 3.05) is 47.5 Å². The number of nitrogens with zero attached hydrogens (tertiary/aromatic N) is 1. The third-order valence-corrected chi connectivity index (χ3v) is 13.8. The molecule has 0 aromatic rings. The molecule has 480 valence electrons. The number of carboxylic acid groups (broad SMARTS) is 1. The number of aliphatic carboxylic acids is 1. The predicted octanol–water partition coefficient (Wildman–Crippen LogP) is 19.6. The molecular weight excluding hydrogens is 1050 g/mol. The van der Waals surface area contributed by atoms with Crippen molar-refractivity contribution in [1.29, 1.82) is 0 Å². The third kappa shape index (κ3) is 66.3. The first kappa shape index (κ1) is 79.9. The number of carbonyl (C=O) groups excluding carboxylic acids is 3. The molecule has 0 aromatic heterocycles. The molecule has 0 saturated heterocycles. The molecular formula is C76H123NO8. The molecule has 0 radical (unpaired) electrons. The van der Waals surface area contributed by atoms with Gasteiger partial charge in [-0.25, -0.2) is 0 Å². The van der Waals surface area contributed by atoms with Crippen molar-refractivity contribution in [2.45, 2.75) is 257 Å². The summed E-state index contributed by atoms with van der Waals surface area (Å²) in [6.07, 6.45) is 93.0. The second-order valence-electron chi connectivity index (χ2n) is 23.0. The van der Waals surface area contributed by atoms with Crippen LogP contribution in [0.2, 0.25) is 0 Å². The van der Waals surface area contributed by atoms with E-state index in [1.165, 1.54) is 77.0 Å². The summed E-state index contributed by atoms with van der Waals surface area (Å²) in [5.41, 5.74) is 0. The fourth-order valence-corrected chi connectivity index (χ4v) is 8.70. The maximum atomic E-state index is 12.9. The molecule has 0 saturated carbocycles. The number of quaternary nitrogens is 1. The fourth-order valence-electron chi connectivity index (χ4n) is 8.70. The summed E-state index contributed by atoms with van der Waals surface area (Å²) < 4.78 is 22.8. The van der Waals surface area contributed by atoms with Crippen molar-refractivity contribution in [3.8, 4) is 0 Å². The van der Waals surface area contributed by atoms with Crippen LogP contribution in [-0.4, -0.2) is 82.3 Å². The zero-order chi connectivity index (χ0) is 61.9. The molecule has 0 aliphatic carbocycles. The molecule has 0 fully saturated rings. The third-order valence-electron chi connectivity index (χ3n) is 13.8. The van der Waals surface area contributed by atoms with Gasteiger partial charge in [-0.15, -0.1) is 0 Å². The van der Waals surface area contributed by atoms with E-state index in [-0.39, 0.29) is 38.6 Å². The average molecular weight is 1180 g/mol. The Kier molecular flexibility index (Phi) is 61.0. The van der Waals surface area contributed by atoms with E-state index in [9.17, 15) is 19.5 Å². The van der Waals surface area contributed by atoms with Gasteiger partial charge in [-0.2, -0.15) is 0 Å². The molecule has 0 aromatic carbocycles. The molecule has 0 heterocycles. The highest BCUT2D eigenvalue weighted by atomic mass is 16.7. The topological polar surface area (TPSA) is 111 Å². The van der Waals surface area contributed by atoms with Gasteiger partial charge in [-0.05, 0) is 122 Å². The van der Waals surface area contributed by atoms with Crippen LogP contribution in [0.15, 0.2) is 158 Å². The molecule has 0 aliphatic rings. The standard InChI is InChI=1S/C76H123NO8/c1-6-8-10-12-14-16-18-20-22-24-26-28-30-32-34-36-37-39-40-42-44-46-48-50-52-54-56-58-60-62-64-66-73(78)83-70-72(71-84-76(75(80)81)82-69-68-77(3,4)5)85-74(79)67-65-63-61-59-57-55-53-51-49-47-45-43-41-38-35-33-31-29-27-25-23-21-19-17-15-13-11-9-7-2/h8-11,14-17,20-23,26-29,32-35,37,39,41,43,47,49,72,76H,6-7,12-13,18-19,24-25,30-31,36,38,40,42,44-46,48,50-71H2,1-5H3/b10-8-,11-9-,16-14-,17-15-,22-20-,23-21-,28-26-,29-27-,34-32-,35-33-,39-37-,43-41-,49-47-. The van der Waals surface area contributed by atoms with E-state index in [1.54, 1.807) is 0 Å². The Bertz CT molecular complexity index is 1950. The van der Waals surface area contributed by atoms with E-state index < -0.39 is 24.3 Å². The molecule has 2 unspecified atom stereocenters. The van der Waals surface area contributed by atoms with Gasteiger partial charge in [-0.1, -0.05) is 268 Å². The van der Waals surface area contributed by atoms with Crippen LogP contribution in [0.3, 0.4) is 0 Å². The Morgan fingerprint density at radius 2 is 0.635 bits per heavy atom. The Morgan fingerprint density at radius 1 is 0.353 bits per heavy atom. The van der Waals surface area contributed by atoms with Crippen molar-refractivity contribution in [2.24, 2.45) is 0 Å². The number of carboxylic acids is 1. The van der Waals surface area contributed by atoms with Crippen LogP contribution in [0.1, 0.15) is 245 Å². The molecule has 0 aliphatic heterocycles. The Hall–Kier alpha value is -5.09. The summed E-state index contributed by atoms with van der Waals surface area (Å²) in [7, 11) is 5.91. The zero-order valence-electron chi connectivity index (χ0n) is 54.7. The smallest absolute Gasteiger partial charge is 0.306 e. The van der Waals surface area contributed by atoms with E-state index in [4.69, 9.17) is 18.9 Å². The number of esters is 2. The van der Waals surface area contributed by atoms with Crippen LogP contribution in [0.5, 0.6) is 0 Å². The van der Waals surface area contributed by atoms with Crippen LogP contribution in [0.25, 0.3) is 0 Å². The normalized spacial score (nSPS) is 13.8. The van der Waals surface area contributed by atoms with Crippen LogP contribution in [-0.2, 0) is 33.3 Å². The first-order chi connectivity index (χ1) is 41.6. The predicted molar refractivity (Wildman–Crippen MR) is 361 cm³/mol. The van der Waals surface area contributed by atoms with Crippen LogP contribution in [0, 0.1) is 0 Å². The van der Waals surface area contributed by atoms with Gasteiger partial charge >= 0.3 is 11.9 Å². The van der Waals surface area contributed by atoms with Gasteiger partial charge in [0.15, 0.2) is 12.4 Å². The molecule has 0 N–H and O–H groups in total. The lowest BCUT2D eigenvalue weighted by Crippen LogP contribution is -2.44. The van der Waals surface area contributed by atoms with Gasteiger partial charge in [0.25, 0.3) is 0 Å². The van der Waals surface area contributed by atoms with E-state index in [1.807, 2.05) is 21.1 Å². The quantitative estimate of drug-likeness (QED) is 0.0195. The minimum absolute atomic E-state index is 0.137. The number of ether oxygens (including phenoxy) is 4. The summed E-state index contributed by atoms with van der Waals surface area (Å²) in [6, 6.07) is 0. The number of rotatable bonds is 60. The summed E-state index contributed by atoms with van der Waals surface area (Å²) >= 11 is 0. The Labute approximate surface area is 521 Å². The molecule has 0 rings (SSSR count). The van der Waals surface area contributed by atoms with Crippen molar-refractivity contribution in [3.05, 3.63) is 158 Å². The highest BCUT2D eigenvalue weighted by Crippen LogP contribution is 2.15. The average Bonchev–Trinajstić information content (AvgIpc) is 3.48. The number of hydrogen-bond acceptors (Lipinski definition) is 8. The van der Waals surface area contributed by atoms with E-state index in [2.05, 4.69) is 172 Å². The monoisotopic (exact) mass is 1180 g/mol. The SMILES string of the molecule is CC/C=C\C/C=C\C/C=C\C/C=C\C/C=C\C/C=C\C/C=C\CCCCCCCCCC(=O)OC(COC(=O)CCCCCCCCCCCCCC/C=C\C/C=C\C/C=C\C/C=C\C/C=C\C/C=C\CC)COC(OCC[N+](C)(C)C)C(=O)[O-]. The highest BCUT2D eigenvalue weighted by Gasteiger charge is 2.22. The van der Waals surface area contributed by atoms with Crippen molar-refractivity contribution < 1.29 is 42.9 Å². The molecule has 0 amide bonds. The molecule has 2 atom stereocenters. The fraction of sp³-hybridized carbons (Fsp3) is 0.618. The maximum absolute atomic E-state index is 12.9. The summed E-state index contributed by atoms with van der Waals surface area (Å²) in [5, 5.41) is 11.8. The lowest BCUT2D eigenvalue weighted by atomic mass is 10.0. The zero-order valence-corrected chi connectivity index (χ0v) is 54.7. The molecule has 85 heavy (non-hydrogen) atoms. The Balaban J connectivity index is 4.23. The molecule has 9 heteroatoms. The van der Waals surface area contributed by atoms with Gasteiger partial charge in [0.05, 0.1) is 40.3 Å². The number of likely N-dealkylation sites (N-methyl/N-ethyl adjacent to an activating group) is 1. The summed E-state index contributed by atoms with van der Waals surface area (Å²) in [5.74, 6) is -2.31. The van der Waals surface area contributed by atoms with E-state index in [0.29, 0.717) is 17.4 Å². The second kappa shape index (κ2) is 64.9. The van der Waals surface area contributed by atoms with E-state index >= 15 is 0 Å². The van der Waals surface area contributed by atoms with E-state index in [0.717, 1.165) is 135 Å². The highest BCUT2D eigenvalue weighted by molar-refractivity contribution is 5.70. The number of hydrogen-bond donors (Lipinski definition) is 0. The molecule has 9 nitrogen and oxygen atoms in total. The van der Waals surface area contributed by atoms with Gasteiger partial charge < -0.3 is 33.3 Å². The van der Waals surface area contributed by atoms with Gasteiger partial charge in [-0.3, -0.25) is 9.59 Å². The van der Waals surface area contributed by atoms with Gasteiger partial charge in [0, 0.05) is 12.8 Å². The van der Waals surface area contributed by atoms with Crippen molar-refractivity contribution >= 4 is 17.9 Å². The minimum atomic E-state index is -1.64. The Morgan fingerprint density at radius 3 is 0.941 bits per heavy atom. The number of carbonyl (C=O) groups is 3.